The third-order valence-corrected chi connectivity index (χ3v) is 7.47. The van der Waals surface area contributed by atoms with Gasteiger partial charge in [0.05, 0.1) is 18.0 Å². The topological polar surface area (TPSA) is 78.7 Å². The Morgan fingerprint density at radius 1 is 1.10 bits per heavy atom. The van der Waals surface area contributed by atoms with E-state index in [2.05, 4.69) is 15.2 Å². The maximum absolute atomic E-state index is 13.1. The summed E-state index contributed by atoms with van der Waals surface area (Å²) in [6, 6.07) is 16.4. The van der Waals surface area contributed by atoms with Crippen molar-refractivity contribution in [1.29, 1.82) is 0 Å². The number of hydrogen-bond donors (Lipinski definition) is 1. The molecule has 1 unspecified atom stereocenters. The van der Waals surface area contributed by atoms with Crippen molar-refractivity contribution in [2.45, 2.75) is 30.7 Å². The van der Waals surface area contributed by atoms with E-state index in [-0.39, 0.29) is 10.9 Å². The molecule has 7 nitrogen and oxygen atoms in total. The van der Waals surface area contributed by atoms with Gasteiger partial charge in [0.2, 0.25) is 0 Å². The van der Waals surface area contributed by atoms with E-state index in [0.717, 1.165) is 18.8 Å². The highest BCUT2D eigenvalue weighted by Gasteiger charge is 2.26. The first-order valence-electron chi connectivity index (χ1n) is 10.6. The maximum atomic E-state index is 13.1. The van der Waals surface area contributed by atoms with Crippen molar-refractivity contribution in [3.63, 3.8) is 0 Å². The van der Waals surface area contributed by atoms with Crippen molar-refractivity contribution in [2.24, 2.45) is 0 Å². The number of para-hydroxylation sites is 1. The summed E-state index contributed by atoms with van der Waals surface area (Å²) in [7, 11) is -3.68. The van der Waals surface area contributed by atoms with Gasteiger partial charge < -0.3 is 9.73 Å². The van der Waals surface area contributed by atoms with Gasteiger partial charge in [-0.1, -0.05) is 18.2 Å². The lowest BCUT2D eigenvalue weighted by atomic mass is 10.2. The summed E-state index contributed by atoms with van der Waals surface area (Å²) in [6.07, 6.45) is 5.50. The second kappa shape index (κ2) is 9.53. The molecule has 0 radical (unpaired) electrons. The minimum absolute atomic E-state index is 0.122. The second-order valence-corrected chi connectivity index (χ2v) is 9.40. The zero-order chi connectivity index (χ0) is 21.7. The van der Waals surface area contributed by atoms with E-state index >= 15 is 0 Å². The summed E-state index contributed by atoms with van der Waals surface area (Å²) >= 11 is 0. The summed E-state index contributed by atoms with van der Waals surface area (Å²) in [5.74, 6) is 1.56. The molecule has 1 aliphatic heterocycles. The standard InChI is InChI=1S/C23H28N4O3S/c1-2-27(19-9-4-3-5-10-19)31(28,29)20-12-13-23(24-17-20)25-18-21(22-11-8-16-30-22)26-14-6-7-15-26/h3-5,8-13,16-17,21H,2,6-7,14-15,18H2,1H3,(H,24,25). The first-order chi connectivity index (χ1) is 15.1. The van der Waals surface area contributed by atoms with Crippen LogP contribution in [0.1, 0.15) is 31.6 Å². The van der Waals surface area contributed by atoms with E-state index in [9.17, 15) is 8.42 Å². The van der Waals surface area contributed by atoms with Gasteiger partial charge in [-0.05, 0) is 69.3 Å². The van der Waals surface area contributed by atoms with E-state index in [1.807, 2.05) is 37.3 Å². The number of aromatic nitrogens is 1. The van der Waals surface area contributed by atoms with Gasteiger partial charge in [0.15, 0.2) is 0 Å². The lowest BCUT2D eigenvalue weighted by Gasteiger charge is -2.26. The highest BCUT2D eigenvalue weighted by atomic mass is 32.2. The first-order valence-corrected chi connectivity index (χ1v) is 12.1. The van der Waals surface area contributed by atoms with E-state index in [1.54, 1.807) is 30.5 Å². The molecule has 1 fully saturated rings. The number of anilines is 2. The Hall–Kier alpha value is -2.84. The lowest BCUT2D eigenvalue weighted by molar-refractivity contribution is 0.225. The monoisotopic (exact) mass is 440 g/mol. The first kappa shape index (κ1) is 21.4. The second-order valence-electron chi connectivity index (χ2n) is 7.54. The highest BCUT2D eigenvalue weighted by Crippen LogP contribution is 2.27. The zero-order valence-corrected chi connectivity index (χ0v) is 18.5. The minimum Gasteiger partial charge on any atom is -0.468 e. The van der Waals surface area contributed by atoms with Crippen molar-refractivity contribution in [3.05, 3.63) is 72.8 Å². The van der Waals surface area contributed by atoms with Crippen LogP contribution in [0.15, 0.2) is 76.4 Å². The Kier molecular flexibility index (Phi) is 6.58. The van der Waals surface area contributed by atoms with Gasteiger partial charge in [0.25, 0.3) is 10.0 Å². The predicted molar refractivity (Wildman–Crippen MR) is 122 cm³/mol. The maximum Gasteiger partial charge on any atom is 0.265 e. The van der Waals surface area contributed by atoms with Crippen LogP contribution in [0.5, 0.6) is 0 Å². The molecule has 0 aliphatic carbocycles. The summed E-state index contributed by atoms with van der Waals surface area (Å²) in [5, 5.41) is 3.34. The van der Waals surface area contributed by atoms with Crippen molar-refractivity contribution in [1.82, 2.24) is 9.88 Å². The van der Waals surface area contributed by atoms with Crippen LogP contribution in [0.25, 0.3) is 0 Å². The van der Waals surface area contributed by atoms with Gasteiger partial charge in [0.1, 0.15) is 16.5 Å². The van der Waals surface area contributed by atoms with Crippen molar-refractivity contribution >= 4 is 21.5 Å². The Balaban J connectivity index is 1.47. The molecule has 8 heteroatoms. The van der Waals surface area contributed by atoms with Gasteiger partial charge in [-0.3, -0.25) is 9.21 Å². The van der Waals surface area contributed by atoms with Gasteiger partial charge in [-0.25, -0.2) is 13.4 Å². The fraction of sp³-hybridized carbons (Fsp3) is 0.348. The summed E-state index contributed by atoms with van der Waals surface area (Å²) in [5.41, 5.74) is 0.638. The van der Waals surface area contributed by atoms with Crippen LogP contribution in [-0.2, 0) is 10.0 Å². The average molecular weight is 441 g/mol. The van der Waals surface area contributed by atoms with E-state index < -0.39 is 10.0 Å². The number of furan rings is 1. The molecular weight excluding hydrogens is 412 g/mol. The smallest absolute Gasteiger partial charge is 0.265 e. The van der Waals surface area contributed by atoms with Crippen LogP contribution in [-0.4, -0.2) is 44.5 Å². The molecule has 1 aromatic carbocycles. The largest absolute Gasteiger partial charge is 0.468 e. The van der Waals surface area contributed by atoms with E-state index in [4.69, 9.17) is 4.42 Å². The number of nitrogens with zero attached hydrogens (tertiary/aromatic N) is 3. The molecule has 4 rings (SSSR count). The van der Waals surface area contributed by atoms with E-state index in [1.165, 1.54) is 23.3 Å². The van der Waals surface area contributed by atoms with Crippen LogP contribution >= 0.6 is 0 Å². The Morgan fingerprint density at radius 3 is 2.48 bits per heavy atom. The quantitative estimate of drug-likeness (QED) is 0.539. The molecule has 1 aliphatic rings. The minimum atomic E-state index is -3.68. The van der Waals surface area contributed by atoms with Crippen molar-refractivity contribution in [3.8, 4) is 0 Å². The number of pyridine rings is 1. The molecule has 31 heavy (non-hydrogen) atoms. The fourth-order valence-electron chi connectivity index (χ4n) is 4.00. The summed E-state index contributed by atoms with van der Waals surface area (Å²) in [6.45, 7) is 4.89. The third kappa shape index (κ3) is 4.75. The molecule has 164 valence electrons. The lowest BCUT2D eigenvalue weighted by Crippen LogP contribution is -2.31. The average Bonchev–Trinajstić information content (AvgIpc) is 3.51. The van der Waals surface area contributed by atoms with Crippen LogP contribution in [0.2, 0.25) is 0 Å². The van der Waals surface area contributed by atoms with E-state index in [0.29, 0.717) is 24.6 Å². The summed E-state index contributed by atoms with van der Waals surface area (Å²) < 4.78 is 33.3. The van der Waals surface area contributed by atoms with Crippen LogP contribution < -0.4 is 9.62 Å². The Labute approximate surface area is 183 Å². The van der Waals surface area contributed by atoms with Crippen LogP contribution in [0.3, 0.4) is 0 Å². The van der Waals surface area contributed by atoms with Gasteiger partial charge >= 0.3 is 0 Å². The molecule has 0 bridgehead atoms. The number of benzene rings is 1. The molecule has 1 atom stereocenters. The molecule has 2 aromatic heterocycles. The number of hydrogen-bond acceptors (Lipinski definition) is 6. The Bertz CT molecular complexity index is 1050. The number of likely N-dealkylation sites (tertiary alicyclic amines) is 1. The van der Waals surface area contributed by atoms with Crippen LogP contribution in [0, 0.1) is 0 Å². The summed E-state index contributed by atoms with van der Waals surface area (Å²) in [4.78, 5) is 6.95. The number of nitrogens with one attached hydrogen (secondary N) is 1. The van der Waals surface area contributed by atoms with Crippen molar-refractivity contribution < 1.29 is 12.8 Å². The van der Waals surface area contributed by atoms with Gasteiger partial charge in [0, 0.05) is 19.3 Å². The predicted octanol–water partition coefficient (Wildman–Crippen LogP) is 4.14. The molecule has 3 heterocycles. The van der Waals surface area contributed by atoms with Gasteiger partial charge in [-0.2, -0.15) is 0 Å². The third-order valence-electron chi connectivity index (χ3n) is 5.59. The zero-order valence-electron chi connectivity index (χ0n) is 17.6. The molecule has 0 amide bonds. The SMILES string of the molecule is CCN(c1ccccc1)S(=O)(=O)c1ccc(NCC(c2ccco2)N2CCCC2)nc1. The molecule has 1 N–H and O–H groups in total. The fourth-order valence-corrected chi connectivity index (χ4v) is 5.41. The van der Waals surface area contributed by atoms with Gasteiger partial charge in [-0.15, -0.1) is 0 Å². The molecule has 3 aromatic rings. The number of rotatable bonds is 9. The highest BCUT2D eigenvalue weighted by molar-refractivity contribution is 7.92. The van der Waals surface area contributed by atoms with Crippen LogP contribution in [0.4, 0.5) is 11.5 Å². The number of sulfonamides is 1. The Morgan fingerprint density at radius 2 is 1.87 bits per heavy atom. The molecule has 0 saturated carbocycles. The molecular formula is C23H28N4O3S. The molecule has 0 spiro atoms. The normalized spacial score (nSPS) is 15.6. The molecule has 1 saturated heterocycles. The van der Waals surface area contributed by atoms with Crippen molar-refractivity contribution in [2.75, 3.05) is 35.8 Å².